The van der Waals surface area contributed by atoms with E-state index in [9.17, 15) is 9.59 Å². The summed E-state index contributed by atoms with van der Waals surface area (Å²) in [5.41, 5.74) is 2.13. The highest BCUT2D eigenvalue weighted by Crippen LogP contribution is 2.13. The monoisotopic (exact) mass is 346 g/mol. The lowest BCUT2D eigenvalue weighted by atomic mass is 10.1. The van der Waals surface area contributed by atoms with Crippen molar-refractivity contribution in [3.8, 4) is 6.07 Å². The molecule has 0 saturated heterocycles. The van der Waals surface area contributed by atoms with Crippen LogP contribution in [-0.4, -0.2) is 18.5 Å². The van der Waals surface area contributed by atoms with Crippen molar-refractivity contribution in [2.75, 3.05) is 11.9 Å². The smallest absolute Gasteiger partial charge is 0.348 e. The topological polar surface area (TPSA) is 79.2 Å². The van der Waals surface area contributed by atoms with E-state index in [1.165, 1.54) is 12.2 Å². The fraction of sp³-hybridized carbons (Fsp3) is 0.0952. The van der Waals surface area contributed by atoms with E-state index in [0.29, 0.717) is 11.3 Å². The van der Waals surface area contributed by atoms with Gasteiger partial charge in [-0.05, 0) is 42.3 Å². The molecule has 1 amide bonds. The summed E-state index contributed by atoms with van der Waals surface area (Å²) >= 11 is 0. The van der Waals surface area contributed by atoms with Crippen LogP contribution in [0.5, 0.6) is 0 Å². The summed E-state index contributed by atoms with van der Waals surface area (Å²) in [5.74, 6) is -0.903. The number of nitriles is 1. The first-order chi connectivity index (χ1) is 12.6. The minimum atomic E-state index is -0.654. The van der Waals surface area contributed by atoms with E-state index < -0.39 is 5.97 Å². The normalized spacial score (nSPS) is 11.0. The molecule has 2 rings (SSSR count). The number of hydrogen-bond donors (Lipinski definition) is 1. The van der Waals surface area contributed by atoms with Crippen LogP contribution in [0.3, 0.4) is 0 Å². The molecular weight excluding hydrogens is 328 g/mol. The number of carbonyl (C=O) groups is 2. The van der Waals surface area contributed by atoms with E-state index in [4.69, 9.17) is 10.00 Å². The number of amides is 1. The van der Waals surface area contributed by atoms with Gasteiger partial charge in [0, 0.05) is 11.8 Å². The average molecular weight is 346 g/mol. The fourth-order valence-corrected chi connectivity index (χ4v) is 2.10. The van der Waals surface area contributed by atoms with Crippen molar-refractivity contribution < 1.29 is 14.3 Å². The Morgan fingerprint density at radius 3 is 2.38 bits per heavy atom. The van der Waals surface area contributed by atoms with Crippen molar-refractivity contribution in [1.82, 2.24) is 0 Å². The van der Waals surface area contributed by atoms with Crippen molar-refractivity contribution in [2.45, 2.75) is 6.92 Å². The van der Waals surface area contributed by atoms with Crippen LogP contribution in [0.25, 0.3) is 12.2 Å². The molecule has 26 heavy (non-hydrogen) atoms. The molecule has 0 aliphatic rings. The zero-order valence-electron chi connectivity index (χ0n) is 14.3. The summed E-state index contributed by atoms with van der Waals surface area (Å²) in [6, 6.07) is 18.1. The van der Waals surface area contributed by atoms with Crippen LogP contribution >= 0.6 is 0 Å². The first-order valence-electron chi connectivity index (χ1n) is 8.05. The zero-order valence-corrected chi connectivity index (χ0v) is 14.3. The predicted octanol–water partition coefficient (Wildman–Crippen LogP) is 3.81. The number of nitrogens with one attached hydrogen (secondary N) is 1. The van der Waals surface area contributed by atoms with Crippen molar-refractivity contribution in [2.24, 2.45) is 0 Å². The Bertz CT molecular complexity index is 860. The second-order valence-electron chi connectivity index (χ2n) is 5.25. The minimum Gasteiger partial charge on any atom is -0.462 e. The number of carbonyl (C=O) groups excluding carboxylic acids is 2. The Morgan fingerprint density at radius 2 is 1.77 bits per heavy atom. The molecule has 0 heterocycles. The predicted molar refractivity (Wildman–Crippen MR) is 101 cm³/mol. The molecule has 0 bridgehead atoms. The number of nitrogens with zero attached hydrogens (tertiary/aromatic N) is 1. The van der Waals surface area contributed by atoms with Gasteiger partial charge in [0.2, 0.25) is 5.91 Å². The lowest BCUT2D eigenvalue weighted by molar-refractivity contribution is -0.137. The fourth-order valence-electron chi connectivity index (χ4n) is 2.10. The Labute approximate surface area is 152 Å². The summed E-state index contributed by atoms with van der Waals surface area (Å²) in [5, 5.41) is 11.8. The maximum atomic E-state index is 11.9. The molecule has 0 spiro atoms. The maximum absolute atomic E-state index is 11.9. The third-order valence-electron chi connectivity index (χ3n) is 3.33. The van der Waals surface area contributed by atoms with Gasteiger partial charge < -0.3 is 10.1 Å². The number of hydrogen-bond acceptors (Lipinski definition) is 4. The molecule has 2 aromatic carbocycles. The summed E-state index contributed by atoms with van der Waals surface area (Å²) < 4.78 is 4.81. The van der Waals surface area contributed by atoms with Crippen LogP contribution in [-0.2, 0) is 14.3 Å². The largest absolute Gasteiger partial charge is 0.462 e. The third kappa shape index (κ3) is 5.77. The van der Waals surface area contributed by atoms with Crippen LogP contribution in [0.15, 0.2) is 66.2 Å². The van der Waals surface area contributed by atoms with Crippen molar-refractivity contribution >= 4 is 29.7 Å². The van der Waals surface area contributed by atoms with Crippen molar-refractivity contribution in [3.05, 3.63) is 77.4 Å². The van der Waals surface area contributed by atoms with Gasteiger partial charge in [-0.2, -0.15) is 5.26 Å². The Morgan fingerprint density at radius 1 is 1.08 bits per heavy atom. The number of anilines is 1. The van der Waals surface area contributed by atoms with Crippen LogP contribution in [0.1, 0.15) is 18.1 Å². The van der Waals surface area contributed by atoms with Crippen LogP contribution < -0.4 is 5.32 Å². The molecule has 1 N–H and O–H groups in total. The molecule has 0 aliphatic heterocycles. The first kappa shape index (κ1) is 18.7. The SMILES string of the molecule is CCOC(=O)/C(C#N)=C/c1ccc(NC(=O)/C=C/c2ccccc2)cc1. The van der Waals surface area contributed by atoms with E-state index in [1.54, 1.807) is 37.3 Å². The standard InChI is InChI=1S/C21H18N2O3/c1-2-26-21(25)18(15-22)14-17-8-11-19(12-9-17)23-20(24)13-10-16-6-4-3-5-7-16/h3-14H,2H2,1H3,(H,23,24)/b13-10+,18-14+. The number of esters is 1. The molecule has 0 aromatic heterocycles. The second kappa shape index (κ2) is 9.60. The third-order valence-corrected chi connectivity index (χ3v) is 3.33. The van der Waals surface area contributed by atoms with Gasteiger partial charge in [0.05, 0.1) is 6.61 Å². The number of benzene rings is 2. The Hall–Kier alpha value is -3.65. The lowest BCUT2D eigenvalue weighted by Gasteiger charge is -2.03. The van der Waals surface area contributed by atoms with Gasteiger partial charge in [-0.25, -0.2) is 4.79 Å². The summed E-state index contributed by atoms with van der Waals surface area (Å²) in [6.45, 7) is 1.88. The summed E-state index contributed by atoms with van der Waals surface area (Å²) in [4.78, 5) is 23.5. The van der Waals surface area contributed by atoms with E-state index in [1.807, 2.05) is 36.4 Å². The highest BCUT2D eigenvalue weighted by atomic mass is 16.5. The molecule has 0 aliphatic carbocycles. The first-order valence-corrected chi connectivity index (χ1v) is 8.05. The second-order valence-corrected chi connectivity index (χ2v) is 5.25. The van der Waals surface area contributed by atoms with Crippen molar-refractivity contribution in [1.29, 1.82) is 5.26 Å². The molecule has 130 valence electrons. The highest BCUT2D eigenvalue weighted by molar-refractivity contribution is 6.02. The molecule has 0 unspecified atom stereocenters. The van der Waals surface area contributed by atoms with E-state index >= 15 is 0 Å². The zero-order chi connectivity index (χ0) is 18.8. The van der Waals surface area contributed by atoms with E-state index in [0.717, 1.165) is 5.56 Å². The molecule has 5 nitrogen and oxygen atoms in total. The van der Waals surface area contributed by atoms with Gasteiger partial charge in [-0.1, -0.05) is 42.5 Å². The van der Waals surface area contributed by atoms with Gasteiger partial charge >= 0.3 is 5.97 Å². The van der Waals surface area contributed by atoms with Crippen LogP contribution in [0.4, 0.5) is 5.69 Å². The van der Waals surface area contributed by atoms with Crippen molar-refractivity contribution in [3.63, 3.8) is 0 Å². The van der Waals surface area contributed by atoms with Gasteiger partial charge in [0.15, 0.2) is 0 Å². The quantitative estimate of drug-likeness (QED) is 0.490. The minimum absolute atomic E-state index is 0.0746. The molecule has 0 saturated carbocycles. The molecule has 0 radical (unpaired) electrons. The molecule has 0 fully saturated rings. The van der Waals surface area contributed by atoms with E-state index in [2.05, 4.69) is 5.32 Å². The van der Waals surface area contributed by atoms with Crippen LogP contribution in [0.2, 0.25) is 0 Å². The molecule has 2 aromatic rings. The number of ether oxygens (including phenoxy) is 1. The van der Waals surface area contributed by atoms with Gasteiger partial charge in [-0.3, -0.25) is 4.79 Å². The average Bonchev–Trinajstić information content (AvgIpc) is 2.66. The summed E-state index contributed by atoms with van der Waals surface area (Å²) in [7, 11) is 0. The maximum Gasteiger partial charge on any atom is 0.348 e. The van der Waals surface area contributed by atoms with E-state index in [-0.39, 0.29) is 18.1 Å². The van der Waals surface area contributed by atoms with Gasteiger partial charge in [0.1, 0.15) is 11.6 Å². The van der Waals surface area contributed by atoms with Crippen LogP contribution in [0, 0.1) is 11.3 Å². The van der Waals surface area contributed by atoms with Gasteiger partial charge in [0.25, 0.3) is 0 Å². The number of rotatable bonds is 6. The molecular formula is C21H18N2O3. The summed E-state index contributed by atoms with van der Waals surface area (Å²) in [6.07, 6.45) is 4.63. The van der Waals surface area contributed by atoms with Gasteiger partial charge in [-0.15, -0.1) is 0 Å². The highest BCUT2D eigenvalue weighted by Gasteiger charge is 2.09. The molecule has 0 atom stereocenters. The Balaban J connectivity index is 2.01. The Kier molecular flexibility index (Phi) is 6.90. The lowest BCUT2D eigenvalue weighted by Crippen LogP contribution is -2.07. The molecule has 5 heteroatoms.